The van der Waals surface area contributed by atoms with Crippen LogP contribution < -0.4 is 16.4 Å². The molecule has 0 aliphatic heterocycles. The molecule has 1 aromatic rings. The first-order valence-electron chi connectivity index (χ1n) is 5.44. The lowest BCUT2D eigenvalue weighted by Crippen LogP contribution is -2.32. The van der Waals surface area contributed by atoms with Crippen LogP contribution in [0.15, 0.2) is 29.3 Å². The van der Waals surface area contributed by atoms with Gasteiger partial charge >= 0.3 is 0 Å². The minimum Gasteiger partial charge on any atom is -0.370 e. The smallest absolute Gasteiger partial charge is 0.221 e. The average Bonchev–Trinajstić information content (AvgIpc) is 2.30. The molecular weight excluding hydrogens is 343 g/mol. The van der Waals surface area contributed by atoms with E-state index in [1.165, 1.54) is 12.5 Å². The van der Waals surface area contributed by atoms with E-state index in [9.17, 15) is 4.79 Å². The first kappa shape index (κ1) is 16.7. The Hall–Kier alpha value is -1.31. The number of anilines is 1. The molecule has 0 aromatic heterocycles. The maximum Gasteiger partial charge on any atom is 0.221 e. The predicted molar refractivity (Wildman–Crippen MR) is 85.4 cm³/mol. The molecule has 0 atom stereocenters. The molecule has 4 N–H and O–H groups in total. The van der Waals surface area contributed by atoms with E-state index in [2.05, 4.69) is 15.6 Å². The highest BCUT2D eigenvalue weighted by atomic mass is 127. The Bertz CT molecular complexity index is 403. The van der Waals surface area contributed by atoms with Gasteiger partial charge in [-0.2, -0.15) is 0 Å². The molecule has 0 heterocycles. The number of nitrogens with one attached hydrogen (secondary N) is 2. The van der Waals surface area contributed by atoms with Crippen molar-refractivity contribution in [3.05, 3.63) is 29.8 Å². The molecular formula is C12H19IN4O. The number of carbonyl (C=O) groups excluding carboxylic acids is 1. The van der Waals surface area contributed by atoms with Crippen molar-refractivity contribution in [2.24, 2.45) is 10.7 Å². The highest BCUT2D eigenvalue weighted by Crippen LogP contribution is 2.09. The van der Waals surface area contributed by atoms with Crippen molar-refractivity contribution in [1.82, 2.24) is 5.32 Å². The third-order valence-corrected chi connectivity index (χ3v) is 2.24. The monoisotopic (exact) mass is 362 g/mol. The second kappa shape index (κ2) is 8.73. The minimum absolute atomic E-state index is 0. The van der Waals surface area contributed by atoms with Gasteiger partial charge in [0.2, 0.25) is 5.91 Å². The van der Waals surface area contributed by atoms with Gasteiger partial charge in [0.05, 0.1) is 0 Å². The van der Waals surface area contributed by atoms with E-state index in [-0.39, 0.29) is 29.9 Å². The Balaban J connectivity index is 0.00000289. The molecule has 6 heteroatoms. The number of guanidine groups is 1. The lowest BCUT2D eigenvalue weighted by molar-refractivity contribution is -0.114. The van der Waals surface area contributed by atoms with Crippen molar-refractivity contribution in [3.63, 3.8) is 0 Å². The molecule has 100 valence electrons. The van der Waals surface area contributed by atoms with E-state index in [4.69, 9.17) is 5.73 Å². The van der Waals surface area contributed by atoms with Crippen molar-refractivity contribution < 1.29 is 4.79 Å². The summed E-state index contributed by atoms with van der Waals surface area (Å²) in [6.07, 6.45) is 0.858. The largest absolute Gasteiger partial charge is 0.370 e. The number of halogens is 1. The number of benzene rings is 1. The van der Waals surface area contributed by atoms with Gasteiger partial charge < -0.3 is 16.4 Å². The normalized spacial score (nSPS) is 10.4. The molecule has 0 aliphatic rings. The summed E-state index contributed by atoms with van der Waals surface area (Å²) in [5.74, 6) is 0.381. The van der Waals surface area contributed by atoms with E-state index in [1.54, 1.807) is 7.05 Å². The van der Waals surface area contributed by atoms with Crippen molar-refractivity contribution in [2.75, 3.05) is 18.9 Å². The number of hydrogen-bond acceptors (Lipinski definition) is 2. The Labute approximate surface area is 124 Å². The van der Waals surface area contributed by atoms with Crippen LogP contribution in [0.5, 0.6) is 0 Å². The standard InChI is InChI=1S/C12H18N4O.HI/c1-9(17)16-11-5-3-10(4-6-11)7-8-15-12(13)14-2;/h3-6H,7-8H2,1-2H3,(H,16,17)(H3,13,14,15);1H. The number of rotatable bonds is 4. The zero-order chi connectivity index (χ0) is 12.7. The first-order valence-corrected chi connectivity index (χ1v) is 5.44. The van der Waals surface area contributed by atoms with Gasteiger partial charge in [0.15, 0.2) is 5.96 Å². The van der Waals surface area contributed by atoms with Crippen LogP contribution in [0.4, 0.5) is 5.69 Å². The van der Waals surface area contributed by atoms with E-state index in [0.29, 0.717) is 5.96 Å². The van der Waals surface area contributed by atoms with E-state index < -0.39 is 0 Å². The van der Waals surface area contributed by atoms with Crippen molar-refractivity contribution in [2.45, 2.75) is 13.3 Å². The van der Waals surface area contributed by atoms with Crippen LogP contribution in [0.1, 0.15) is 12.5 Å². The van der Waals surface area contributed by atoms with Gasteiger partial charge in [-0.05, 0) is 24.1 Å². The summed E-state index contributed by atoms with van der Waals surface area (Å²) in [5.41, 5.74) is 7.49. The zero-order valence-corrected chi connectivity index (χ0v) is 12.9. The fourth-order valence-corrected chi connectivity index (χ4v) is 1.37. The third kappa shape index (κ3) is 6.43. The lowest BCUT2D eigenvalue weighted by Gasteiger charge is -2.06. The van der Waals surface area contributed by atoms with E-state index in [1.807, 2.05) is 24.3 Å². The predicted octanol–water partition coefficient (Wildman–Crippen LogP) is 1.34. The molecule has 0 spiro atoms. The van der Waals surface area contributed by atoms with Gasteiger partial charge in [0, 0.05) is 26.2 Å². The highest BCUT2D eigenvalue weighted by molar-refractivity contribution is 14.0. The van der Waals surface area contributed by atoms with Gasteiger partial charge in [-0.25, -0.2) is 0 Å². The van der Waals surface area contributed by atoms with Crippen LogP contribution in [0.3, 0.4) is 0 Å². The number of nitrogens with two attached hydrogens (primary N) is 1. The van der Waals surface area contributed by atoms with Crippen LogP contribution in [0.2, 0.25) is 0 Å². The van der Waals surface area contributed by atoms with Gasteiger partial charge in [0.25, 0.3) is 0 Å². The molecule has 0 saturated carbocycles. The number of hydrogen-bond donors (Lipinski definition) is 3. The zero-order valence-electron chi connectivity index (χ0n) is 10.6. The van der Waals surface area contributed by atoms with Crippen molar-refractivity contribution >= 4 is 41.5 Å². The summed E-state index contributed by atoms with van der Waals surface area (Å²) in [5, 5.41) is 5.71. The van der Waals surface area contributed by atoms with Crippen LogP contribution in [-0.2, 0) is 11.2 Å². The molecule has 0 aliphatic carbocycles. The topological polar surface area (TPSA) is 79.5 Å². The Morgan fingerprint density at radius 3 is 2.44 bits per heavy atom. The first-order chi connectivity index (χ1) is 8.11. The van der Waals surface area contributed by atoms with Crippen LogP contribution in [0, 0.1) is 0 Å². The third-order valence-electron chi connectivity index (χ3n) is 2.24. The van der Waals surface area contributed by atoms with Crippen LogP contribution in [-0.4, -0.2) is 25.5 Å². The van der Waals surface area contributed by atoms with Crippen LogP contribution >= 0.6 is 24.0 Å². The minimum atomic E-state index is -0.0636. The maximum atomic E-state index is 10.8. The van der Waals surface area contributed by atoms with Crippen molar-refractivity contribution in [1.29, 1.82) is 0 Å². The summed E-state index contributed by atoms with van der Waals surface area (Å²) in [7, 11) is 1.64. The Morgan fingerprint density at radius 2 is 1.94 bits per heavy atom. The quantitative estimate of drug-likeness (QED) is 0.430. The summed E-state index contributed by atoms with van der Waals surface area (Å²) in [6, 6.07) is 7.72. The molecule has 18 heavy (non-hydrogen) atoms. The fourth-order valence-electron chi connectivity index (χ4n) is 1.37. The number of nitrogens with zero attached hydrogens (tertiary/aromatic N) is 1. The number of aliphatic imine (C=N–C) groups is 1. The molecule has 0 unspecified atom stereocenters. The average molecular weight is 362 g/mol. The highest BCUT2D eigenvalue weighted by Gasteiger charge is 1.97. The van der Waals surface area contributed by atoms with Crippen molar-refractivity contribution in [3.8, 4) is 0 Å². The van der Waals surface area contributed by atoms with Gasteiger partial charge in [-0.1, -0.05) is 12.1 Å². The maximum absolute atomic E-state index is 10.8. The van der Waals surface area contributed by atoms with Gasteiger partial charge in [-0.3, -0.25) is 9.79 Å². The molecule has 0 fully saturated rings. The number of carbonyl (C=O) groups is 1. The molecule has 5 nitrogen and oxygen atoms in total. The Kier molecular flexibility index (Phi) is 8.10. The summed E-state index contributed by atoms with van der Waals surface area (Å²) in [4.78, 5) is 14.6. The molecule has 0 saturated heterocycles. The van der Waals surface area contributed by atoms with E-state index in [0.717, 1.165) is 18.7 Å². The fraction of sp³-hybridized carbons (Fsp3) is 0.333. The molecule has 1 aromatic carbocycles. The molecule has 0 radical (unpaired) electrons. The number of amides is 1. The van der Waals surface area contributed by atoms with Crippen LogP contribution in [0.25, 0.3) is 0 Å². The Morgan fingerprint density at radius 1 is 1.33 bits per heavy atom. The summed E-state index contributed by atoms with van der Waals surface area (Å²) in [6.45, 7) is 2.23. The SMILES string of the molecule is CN=C(N)NCCc1ccc(NC(C)=O)cc1.I. The van der Waals surface area contributed by atoms with Gasteiger partial charge in [-0.15, -0.1) is 24.0 Å². The second-order valence-electron chi connectivity index (χ2n) is 3.66. The van der Waals surface area contributed by atoms with Gasteiger partial charge in [0.1, 0.15) is 0 Å². The summed E-state index contributed by atoms with van der Waals surface area (Å²) < 4.78 is 0. The molecule has 1 amide bonds. The second-order valence-corrected chi connectivity index (χ2v) is 3.66. The lowest BCUT2D eigenvalue weighted by atomic mass is 10.1. The summed E-state index contributed by atoms with van der Waals surface area (Å²) >= 11 is 0. The molecule has 1 rings (SSSR count). The van der Waals surface area contributed by atoms with E-state index >= 15 is 0 Å². The molecule has 0 bridgehead atoms.